The molecule has 94 valence electrons. The number of nitrogens with zero attached hydrogens (tertiary/aromatic N) is 5. The highest BCUT2D eigenvalue weighted by Gasteiger charge is 2.12. The Bertz CT molecular complexity index is 543. The lowest BCUT2D eigenvalue weighted by Crippen LogP contribution is -2.08. The molecule has 0 amide bonds. The molecule has 8 nitrogen and oxygen atoms in total. The third-order valence-corrected chi connectivity index (χ3v) is 2.99. The minimum atomic E-state index is -0.921. The van der Waals surface area contributed by atoms with Gasteiger partial charge in [0.1, 0.15) is 6.33 Å². The van der Waals surface area contributed by atoms with Gasteiger partial charge in [0, 0.05) is 6.20 Å². The fraction of sp³-hybridized carbons (Fsp3) is 0.222. The van der Waals surface area contributed by atoms with Crippen molar-refractivity contribution < 1.29 is 9.90 Å². The van der Waals surface area contributed by atoms with E-state index in [-0.39, 0.29) is 11.7 Å². The molecule has 0 atom stereocenters. The number of carboxylic acid groups (broad SMARTS) is 1. The predicted molar refractivity (Wildman–Crippen MR) is 63.9 cm³/mol. The summed E-state index contributed by atoms with van der Waals surface area (Å²) in [6.45, 7) is 0.378. The van der Waals surface area contributed by atoms with Crippen LogP contribution < -0.4 is 5.73 Å². The second-order valence-electron chi connectivity index (χ2n) is 3.31. The van der Waals surface area contributed by atoms with Crippen LogP contribution >= 0.6 is 11.8 Å². The minimum Gasteiger partial charge on any atom is -0.481 e. The lowest BCUT2D eigenvalue weighted by atomic mass is 10.4. The summed E-state index contributed by atoms with van der Waals surface area (Å²) in [6.07, 6.45) is 3.05. The summed E-state index contributed by atoms with van der Waals surface area (Å²) >= 11 is 1.06. The van der Waals surface area contributed by atoms with E-state index >= 15 is 0 Å². The molecular weight excluding hydrogens is 256 g/mol. The van der Waals surface area contributed by atoms with Crippen LogP contribution in [0, 0.1) is 0 Å². The van der Waals surface area contributed by atoms with E-state index in [1.54, 1.807) is 16.8 Å². The number of rotatable bonds is 5. The summed E-state index contributed by atoms with van der Waals surface area (Å²) in [7, 11) is 0. The number of nitrogens with two attached hydrogens (primary N) is 1. The summed E-state index contributed by atoms with van der Waals surface area (Å²) in [6, 6.07) is 1.74. The molecule has 9 heteroatoms. The van der Waals surface area contributed by atoms with Gasteiger partial charge in [0.2, 0.25) is 5.95 Å². The van der Waals surface area contributed by atoms with E-state index in [2.05, 4.69) is 20.2 Å². The van der Waals surface area contributed by atoms with Gasteiger partial charge >= 0.3 is 5.97 Å². The van der Waals surface area contributed by atoms with E-state index < -0.39 is 5.97 Å². The Morgan fingerprint density at radius 2 is 2.33 bits per heavy atom. The molecular formula is C9H10N6O2S. The summed E-state index contributed by atoms with van der Waals surface area (Å²) in [5, 5.41) is 16.6. The van der Waals surface area contributed by atoms with Crippen LogP contribution in [0.15, 0.2) is 23.7 Å². The van der Waals surface area contributed by atoms with E-state index in [0.29, 0.717) is 11.7 Å². The second kappa shape index (κ2) is 5.45. The van der Waals surface area contributed by atoms with Crippen molar-refractivity contribution in [2.75, 3.05) is 11.5 Å². The first kappa shape index (κ1) is 12.3. The third-order valence-electron chi connectivity index (χ3n) is 2.03. The first-order valence-electron chi connectivity index (χ1n) is 4.95. The molecule has 2 heterocycles. The van der Waals surface area contributed by atoms with Crippen molar-refractivity contribution in [3.05, 3.63) is 24.3 Å². The van der Waals surface area contributed by atoms with Crippen molar-refractivity contribution in [3.63, 3.8) is 0 Å². The number of hydrogen-bond donors (Lipinski definition) is 2. The Morgan fingerprint density at radius 3 is 3.00 bits per heavy atom. The van der Waals surface area contributed by atoms with Crippen molar-refractivity contribution >= 4 is 23.7 Å². The quantitative estimate of drug-likeness (QED) is 0.718. The highest BCUT2D eigenvalue weighted by Crippen LogP contribution is 2.18. The van der Waals surface area contributed by atoms with Crippen molar-refractivity contribution in [1.82, 2.24) is 24.7 Å². The molecule has 18 heavy (non-hydrogen) atoms. The zero-order chi connectivity index (χ0) is 13.0. The fourth-order valence-electron chi connectivity index (χ4n) is 1.26. The van der Waals surface area contributed by atoms with Crippen LogP contribution in [0.25, 0.3) is 0 Å². The average Bonchev–Trinajstić information content (AvgIpc) is 2.70. The maximum atomic E-state index is 10.5. The number of carbonyl (C=O) groups is 1. The molecule has 0 unspecified atom stereocenters. The monoisotopic (exact) mass is 266 g/mol. The molecule has 2 aromatic heterocycles. The van der Waals surface area contributed by atoms with Crippen molar-refractivity contribution in [2.45, 2.75) is 11.7 Å². The van der Waals surface area contributed by atoms with E-state index in [9.17, 15) is 4.79 Å². The van der Waals surface area contributed by atoms with Crippen LogP contribution in [0.1, 0.15) is 5.69 Å². The Balaban J connectivity index is 2.16. The summed E-state index contributed by atoms with van der Waals surface area (Å²) < 4.78 is 1.61. The standard InChI is InChI=1S/C9H10N6O2S/c10-8-13-14-9(18-4-7(16)17)15(8)3-6-1-2-11-5-12-6/h1-2,5H,3-4H2,(H2,10,13)(H,16,17). The molecule has 0 saturated carbocycles. The zero-order valence-electron chi connectivity index (χ0n) is 9.22. The zero-order valence-corrected chi connectivity index (χ0v) is 10.0. The van der Waals surface area contributed by atoms with Crippen LogP contribution in [0.3, 0.4) is 0 Å². The molecule has 0 spiro atoms. The molecule has 0 bridgehead atoms. The Kier molecular flexibility index (Phi) is 3.72. The van der Waals surface area contributed by atoms with Gasteiger partial charge < -0.3 is 10.8 Å². The third kappa shape index (κ3) is 2.94. The molecule has 0 aliphatic rings. The molecule has 0 fully saturated rings. The van der Waals surface area contributed by atoms with E-state index in [1.807, 2.05) is 0 Å². The first-order chi connectivity index (χ1) is 8.66. The number of thioether (sulfide) groups is 1. The maximum Gasteiger partial charge on any atom is 0.313 e. The van der Waals surface area contributed by atoms with E-state index in [1.165, 1.54) is 6.33 Å². The second-order valence-corrected chi connectivity index (χ2v) is 4.25. The van der Waals surface area contributed by atoms with Crippen LogP contribution in [-0.2, 0) is 11.3 Å². The van der Waals surface area contributed by atoms with Crippen molar-refractivity contribution in [1.29, 1.82) is 0 Å². The summed E-state index contributed by atoms with van der Waals surface area (Å²) in [4.78, 5) is 18.4. The largest absolute Gasteiger partial charge is 0.481 e. The Morgan fingerprint density at radius 1 is 1.50 bits per heavy atom. The van der Waals surface area contributed by atoms with Crippen molar-refractivity contribution in [3.8, 4) is 0 Å². The topological polar surface area (TPSA) is 120 Å². The number of hydrogen-bond acceptors (Lipinski definition) is 7. The maximum absolute atomic E-state index is 10.5. The number of carboxylic acids is 1. The van der Waals surface area contributed by atoms with Crippen LogP contribution in [0.2, 0.25) is 0 Å². The molecule has 0 aliphatic carbocycles. The molecule has 3 N–H and O–H groups in total. The average molecular weight is 266 g/mol. The minimum absolute atomic E-state index is 0.0953. The number of aliphatic carboxylic acids is 1. The first-order valence-corrected chi connectivity index (χ1v) is 5.93. The van der Waals surface area contributed by atoms with Gasteiger partial charge in [0.25, 0.3) is 0 Å². The van der Waals surface area contributed by atoms with Crippen LogP contribution in [-0.4, -0.2) is 41.6 Å². The SMILES string of the molecule is Nc1nnc(SCC(=O)O)n1Cc1ccncn1. The van der Waals surface area contributed by atoms with Gasteiger partial charge in [-0.2, -0.15) is 0 Å². The predicted octanol–water partition coefficient (Wildman–Crippen LogP) is -0.125. The molecule has 0 aliphatic heterocycles. The van der Waals surface area contributed by atoms with Crippen molar-refractivity contribution in [2.24, 2.45) is 0 Å². The highest BCUT2D eigenvalue weighted by atomic mass is 32.2. The normalized spacial score (nSPS) is 10.4. The molecule has 0 radical (unpaired) electrons. The Labute approximate surface area is 106 Å². The van der Waals surface area contributed by atoms with Gasteiger partial charge in [-0.25, -0.2) is 9.97 Å². The van der Waals surface area contributed by atoms with E-state index in [4.69, 9.17) is 10.8 Å². The lowest BCUT2D eigenvalue weighted by Gasteiger charge is -2.06. The van der Waals surface area contributed by atoms with Gasteiger partial charge in [-0.3, -0.25) is 9.36 Å². The Hall–Kier alpha value is -2.16. The smallest absolute Gasteiger partial charge is 0.313 e. The van der Waals surface area contributed by atoms with Gasteiger partial charge in [-0.15, -0.1) is 10.2 Å². The molecule has 2 rings (SSSR count). The summed E-state index contributed by atoms with van der Waals surface area (Å²) in [5.74, 6) is -0.793. The van der Waals surface area contributed by atoms with Gasteiger partial charge in [0.15, 0.2) is 5.16 Å². The van der Waals surface area contributed by atoms with Gasteiger partial charge in [-0.1, -0.05) is 11.8 Å². The fourth-order valence-corrected chi connectivity index (χ4v) is 1.92. The molecule has 2 aromatic rings. The number of nitrogen functional groups attached to an aromatic ring is 1. The van der Waals surface area contributed by atoms with Crippen LogP contribution in [0.4, 0.5) is 5.95 Å². The van der Waals surface area contributed by atoms with Gasteiger partial charge in [0.05, 0.1) is 18.0 Å². The molecule has 0 aromatic carbocycles. The number of aromatic nitrogens is 5. The summed E-state index contributed by atoms with van der Waals surface area (Å²) in [5.41, 5.74) is 6.42. The van der Waals surface area contributed by atoms with Crippen LogP contribution in [0.5, 0.6) is 0 Å². The lowest BCUT2D eigenvalue weighted by molar-refractivity contribution is -0.133. The van der Waals surface area contributed by atoms with E-state index in [0.717, 1.165) is 17.5 Å². The van der Waals surface area contributed by atoms with Gasteiger partial charge in [-0.05, 0) is 6.07 Å². The number of anilines is 1. The highest BCUT2D eigenvalue weighted by molar-refractivity contribution is 7.99. The molecule has 0 saturated heterocycles.